The van der Waals surface area contributed by atoms with Gasteiger partial charge in [0.05, 0.1) is 50.0 Å². The van der Waals surface area contributed by atoms with Gasteiger partial charge in [-0.3, -0.25) is 4.57 Å². The summed E-state index contributed by atoms with van der Waals surface area (Å²) in [5.74, 6) is 0.877. The zero-order chi connectivity index (χ0) is 38.6. The van der Waals surface area contributed by atoms with E-state index >= 15 is 0 Å². The lowest BCUT2D eigenvalue weighted by Crippen LogP contribution is -2.01. The second-order valence-corrected chi connectivity index (χ2v) is 15.6. The molecule has 0 spiro atoms. The molecule has 274 valence electrons. The van der Waals surface area contributed by atoms with E-state index in [2.05, 4.69) is 220 Å². The summed E-state index contributed by atoms with van der Waals surface area (Å²) in [6.07, 6.45) is 0. The molecule has 8 aromatic carbocycles. The molecule has 0 unspecified atom stereocenters. The summed E-state index contributed by atoms with van der Waals surface area (Å²) in [7, 11) is 0. The first-order valence-electron chi connectivity index (χ1n) is 20.2. The fourth-order valence-electron chi connectivity index (χ4n) is 9.82. The van der Waals surface area contributed by atoms with E-state index in [0.717, 1.165) is 56.0 Å². The third-order valence-corrected chi connectivity index (χ3v) is 12.3. The maximum absolute atomic E-state index is 5.49. The Morgan fingerprint density at radius 2 is 0.864 bits per heavy atom. The second-order valence-electron chi connectivity index (χ2n) is 15.6. The van der Waals surface area contributed by atoms with E-state index in [-0.39, 0.29) is 0 Å². The molecule has 0 aliphatic carbocycles. The van der Waals surface area contributed by atoms with Crippen LogP contribution in [-0.2, 0) is 0 Å². The van der Waals surface area contributed by atoms with Crippen LogP contribution in [0.5, 0.6) is 0 Å². The Hall–Kier alpha value is -7.95. The monoisotopic (exact) mass is 750 g/mol. The van der Waals surface area contributed by atoms with Crippen molar-refractivity contribution in [3.63, 3.8) is 0 Å². The highest BCUT2D eigenvalue weighted by Gasteiger charge is 2.22. The highest BCUT2D eigenvalue weighted by atomic mass is 15.1. The molecule has 0 bridgehead atoms. The number of pyridine rings is 1. The minimum atomic E-state index is 0.877. The average molecular weight is 751 g/mol. The summed E-state index contributed by atoms with van der Waals surface area (Å²) in [6, 6.07) is 75.0. The Morgan fingerprint density at radius 3 is 1.61 bits per heavy atom. The fourth-order valence-corrected chi connectivity index (χ4v) is 9.82. The minimum Gasteiger partial charge on any atom is -0.306 e. The lowest BCUT2D eigenvalue weighted by molar-refractivity contribution is 1.08. The Balaban J connectivity index is 1.28. The van der Waals surface area contributed by atoms with Gasteiger partial charge in [-0.05, 0) is 59.2 Å². The van der Waals surface area contributed by atoms with Crippen molar-refractivity contribution >= 4 is 76.3 Å². The Bertz CT molecular complexity index is 3760. The summed E-state index contributed by atoms with van der Waals surface area (Å²) in [6.45, 7) is 0. The molecule has 13 aromatic rings. The molecule has 0 N–H and O–H groups in total. The molecular weight excluding hydrogens is 717 g/mol. The predicted molar refractivity (Wildman–Crippen MR) is 247 cm³/mol. The third kappa shape index (κ3) is 4.63. The van der Waals surface area contributed by atoms with Crippen molar-refractivity contribution in [2.75, 3.05) is 0 Å². The van der Waals surface area contributed by atoms with Gasteiger partial charge >= 0.3 is 0 Å². The van der Waals surface area contributed by atoms with Crippen LogP contribution in [0, 0.1) is 0 Å². The average Bonchev–Trinajstić information content (AvgIpc) is 3.97. The maximum Gasteiger partial charge on any atom is 0.138 e. The van der Waals surface area contributed by atoms with Gasteiger partial charge < -0.3 is 8.80 Å². The Labute approximate surface area is 339 Å². The van der Waals surface area contributed by atoms with E-state index in [1.807, 2.05) is 0 Å². The quantitative estimate of drug-likeness (QED) is 0.176. The summed E-state index contributed by atoms with van der Waals surface area (Å²) in [5.41, 5.74) is 14.7. The van der Waals surface area contributed by atoms with Crippen LogP contribution in [0.4, 0.5) is 0 Å². The highest BCUT2D eigenvalue weighted by molar-refractivity contribution is 6.23. The molecule has 59 heavy (non-hydrogen) atoms. The molecule has 0 aliphatic heterocycles. The first kappa shape index (κ1) is 32.2. The van der Waals surface area contributed by atoms with E-state index in [1.54, 1.807) is 0 Å². The largest absolute Gasteiger partial charge is 0.306 e. The van der Waals surface area contributed by atoms with E-state index in [1.165, 1.54) is 59.8 Å². The van der Waals surface area contributed by atoms with Crippen LogP contribution in [0.25, 0.3) is 116 Å². The van der Waals surface area contributed by atoms with Gasteiger partial charge in [0.25, 0.3) is 0 Å². The third-order valence-electron chi connectivity index (χ3n) is 12.3. The topological polar surface area (TPSA) is 26.6 Å². The molecule has 0 radical (unpaired) electrons. The first-order valence-corrected chi connectivity index (χ1v) is 20.2. The van der Waals surface area contributed by atoms with Crippen molar-refractivity contribution in [2.45, 2.75) is 0 Å². The molecule has 5 aromatic heterocycles. The number of hydrogen-bond acceptors (Lipinski definition) is 1. The van der Waals surface area contributed by atoms with Crippen LogP contribution in [0.2, 0.25) is 0 Å². The minimum absolute atomic E-state index is 0.877. The molecule has 13 rings (SSSR count). The van der Waals surface area contributed by atoms with Crippen LogP contribution in [-0.4, -0.2) is 18.4 Å². The normalized spacial score (nSPS) is 12.1. The van der Waals surface area contributed by atoms with Gasteiger partial charge in [-0.2, -0.15) is 0 Å². The van der Waals surface area contributed by atoms with Crippen LogP contribution in [0.15, 0.2) is 206 Å². The Morgan fingerprint density at radius 1 is 0.305 bits per heavy atom. The summed E-state index contributed by atoms with van der Waals surface area (Å²) in [5, 5.41) is 8.51. The van der Waals surface area contributed by atoms with Crippen molar-refractivity contribution in [3.05, 3.63) is 206 Å². The molecule has 0 saturated heterocycles. The van der Waals surface area contributed by atoms with Crippen LogP contribution < -0.4 is 0 Å². The molecule has 0 aliphatic rings. The molecule has 4 heteroatoms. The zero-order valence-electron chi connectivity index (χ0n) is 31.9. The van der Waals surface area contributed by atoms with Crippen LogP contribution in [0.3, 0.4) is 0 Å². The first-order chi connectivity index (χ1) is 29.3. The molecule has 0 amide bonds. The van der Waals surface area contributed by atoms with Crippen molar-refractivity contribution < 1.29 is 0 Å². The van der Waals surface area contributed by atoms with Gasteiger partial charge in [-0.25, -0.2) is 4.98 Å². The molecule has 0 fully saturated rings. The van der Waals surface area contributed by atoms with Crippen molar-refractivity contribution in [1.29, 1.82) is 0 Å². The molecule has 0 saturated carbocycles. The molecule has 0 atom stereocenters. The zero-order valence-corrected chi connectivity index (χ0v) is 31.9. The number of rotatable bonds is 4. The summed E-state index contributed by atoms with van der Waals surface area (Å²) < 4.78 is 7.43. The van der Waals surface area contributed by atoms with E-state index in [9.17, 15) is 0 Å². The lowest BCUT2D eigenvalue weighted by atomic mass is 10.0. The Kier molecular flexibility index (Phi) is 6.69. The SMILES string of the molecule is c1ccc(-c2cc(-c3ccccc3)nc(-n3c4ccccc4c4cc5c(cc43)n3c(-c4ccccc4)cc4cccc(c6cccc7c8ccccc8n5c67)c43)c2)cc1. The number of hydrogen-bond donors (Lipinski definition) is 0. The summed E-state index contributed by atoms with van der Waals surface area (Å²) in [4.78, 5) is 5.49. The van der Waals surface area contributed by atoms with Gasteiger partial charge in [0.15, 0.2) is 0 Å². The van der Waals surface area contributed by atoms with Gasteiger partial charge in [0, 0.05) is 43.3 Å². The molecular formula is C55H34N4. The van der Waals surface area contributed by atoms with E-state index in [4.69, 9.17) is 4.98 Å². The number of benzene rings is 8. The second kappa shape index (κ2) is 12.3. The number of para-hydroxylation sites is 4. The standard InChI is InChI=1S/C55H34N4/c1-4-16-35(17-5-1)39-30-46(36-18-6-2-7-19-36)56-53(32-39)57-47-28-12-11-24-41(47)45-33-51-52(34-50(45)57)59-49(37-20-8-3-9-21-37)31-38-22-14-25-43(54(38)59)44-27-15-26-42-40-23-10-13-29-48(40)58(51)55(42)44/h1-34H. The fraction of sp³-hybridized carbons (Fsp3) is 0. The van der Waals surface area contributed by atoms with Crippen molar-refractivity contribution in [2.24, 2.45) is 0 Å². The lowest BCUT2D eigenvalue weighted by Gasteiger charge is -2.15. The molecule has 4 nitrogen and oxygen atoms in total. The maximum atomic E-state index is 5.49. The van der Waals surface area contributed by atoms with E-state index < -0.39 is 0 Å². The van der Waals surface area contributed by atoms with Crippen LogP contribution in [0.1, 0.15) is 0 Å². The number of aromatic nitrogens is 4. The summed E-state index contributed by atoms with van der Waals surface area (Å²) >= 11 is 0. The van der Waals surface area contributed by atoms with Crippen molar-refractivity contribution in [1.82, 2.24) is 18.4 Å². The highest BCUT2D eigenvalue weighted by Crippen LogP contribution is 2.43. The van der Waals surface area contributed by atoms with Crippen molar-refractivity contribution in [3.8, 4) is 39.5 Å². The van der Waals surface area contributed by atoms with Gasteiger partial charge in [0.2, 0.25) is 0 Å². The van der Waals surface area contributed by atoms with Gasteiger partial charge in [-0.15, -0.1) is 0 Å². The number of fused-ring (bicyclic) bond motifs is 10. The molecule has 5 heterocycles. The predicted octanol–water partition coefficient (Wildman–Crippen LogP) is 14.3. The van der Waals surface area contributed by atoms with Crippen LogP contribution >= 0.6 is 0 Å². The van der Waals surface area contributed by atoms with Gasteiger partial charge in [0.1, 0.15) is 5.82 Å². The van der Waals surface area contributed by atoms with E-state index in [0.29, 0.717) is 0 Å². The number of nitrogens with zero attached hydrogens (tertiary/aromatic N) is 4. The van der Waals surface area contributed by atoms with Gasteiger partial charge in [-0.1, -0.05) is 164 Å². The smallest absolute Gasteiger partial charge is 0.138 e.